The third kappa shape index (κ3) is 5.60. The van der Waals surface area contributed by atoms with Crippen molar-refractivity contribution >= 4 is 63.8 Å². The molecule has 0 atom stereocenters. The van der Waals surface area contributed by atoms with Crippen LogP contribution in [0, 0.1) is 6.92 Å². The number of hydrogen-bond acceptors (Lipinski definition) is 7. The van der Waals surface area contributed by atoms with Crippen molar-refractivity contribution in [3.05, 3.63) is 86.2 Å². The monoisotopic (exact) mass is 570 g/mol. The maximum Gasteiger partial charge on any atom is 0.293 e. The van der Waals surface area contributed by atoms with E-state index in [0.717, 1.165) is 22.2 Å². The number of anilines is 1. The highest BCUT2D eigenvalue weighted by Crippen LogP contribution is 2.39. The van der Waals surface area contributed by atoms with Crippen molar-refractivity contribution in [3.63, 3.8) is 0 Å². The smallest absolute Gasteiger partial charge is 0.293 e. The maximum absolute atomic E-state index is 13.1. The number of nitrogens with zero attached hydrogens (tertiary/aromatic N) is 1. The van der Waals surface area contributed by atoms with Crippen LogP contribution >= 0.6 is 35.0 Å². The van der Waals surface area contributed by atoms with E-state index in [1.165, 1.54) is 0 Å². The number of rotatable bonds is 7. The highest BCUT2D eigenvalue weighted by atomic mass is 35.5. The van der Waals surface area contributed by atoms with Crippen LogP contribution in [0.1, 0.15) is 16.7 Å². The molecule has 3 amide bonds. The fourth-order valence-corrected chi connectivity index (χ4v) is 4.99. The van der Waals surface area contributed by atoms with Gasteiger partial charge in [-0.1, -0.05) is 47.5 Å². The van der Waals surface area contributed by atoms with Gasteiger partial charge in [-0.15, -0.1) is 0 Å². The molecule has 3 aromatic rings. The van der Waals surface area contributed by atoms with Crippen LogP contribution in [-0.4, -0.2) is 35.4 Å². The molecule has 3 aromatic carbocycles. The molecule has 11 heteroatoms. The number of ether oxygens (including phenoxy) is 3. The first kappa shape index (κ1) is 26.0. The fraction of sp³-hybridized carbons (Fsp3) is 0.148. The minimum absolute atomic E-state index is 0.0151. The number of imide groups is 1. The molecule has 8 nitrogen and oxygen atoms in total. The third-order valence-electron chi connectivity index (χ3n) is 5.76. The number of thioether (sulfide) groups is 1. The average molecular weight is 571 g/mol. The predicted molar refractivity (Wildman–Crippen MR) is 146 cm³/mol. The van der Waals surface area contributed by atoms with Gasteiger partial charge in [-0.2, -0.15) is 0 Å². The summed E-state index contributed by atoms with van der Waals surface area (Å²) in [5.74, 6) is 0.571. The van der Waals surface area contributed by atoms with E-state index in [1.54, 1.807) is 54.6 Å². The lowest BCUT2D eigenvalue weighted by Crippen LogP contribution is -2.27. The van der Waals surface area contributed by atoms with Crippen molar-refractivity contribution < 1.29 is 28.6 Å². The molecule has 1 saturated heterocycles. The Bertz CT molecular complexity index is 1490. The van der Waals surface area contributed by atoms with Crippen LogP contribution in [0.15, 0.2) is 59.5 Å². The Kier molecular flexibility index (Phi) is 7.51. The summed E-state index contributed by atoms with van der Waals surface area (Å²) >= 11 is 13.3. The lowest BCUT2D eigenvalue weighted by atomic mass is 10.1. The van der Waals surface area contributed by atoms with E-state index in [2.05, 4.69) is 5.32 Å². The van der Waals surface area contributed by atoms with Crippen molar-refractivity contribution in [3.8, 4) is 17.2 Å². The van der Waals surface area contributed by atoms with Gasteiger partial charge in [-0.3, -0.25) is 19.3 Å². The largest absolute Gasteiger partial charge is 0.483 e. The molecule has 0 aliphatic carbocycles. The zero-order chi connectivity index (χ0) is 26.8. The van der Waals surface area contributed by atoms with Gasteiger partial charge in [0, 0.05) is 27.4 Å². The molecule has 1 fully saturated rings. The van der Waals surface area contributed by atoms with Gasteiger partial charge in [0.15, 0.2) is 18.1 Å². The molecule has 5 rings (SSSR count). The number of nitrogens with one attached hydrogen (secondary N) is 1. The van der Waals surface area contributed by atoms with Crippen molar-refractivity contribution in [1.29, 1.82) is 0 Å². The van der Waals surface area contributed by atoms with Crippen LogP contribution in [0.3, 0.4) is 0 Å². The van der Waals surface area contributed by atoms with E-state index >= 15 is 0 Å². The number of amides is 3. The van der Waals surface area contributed by atoms with E-state index < -0.39 is 11.1 Å². The summed E-state index contributed by atoms with van der Waals surface area (Å²) in [6, 6.07) is 15.4. The van der Waals surface area contributed by atoms with Gasteiger partial charge in [0.2, 0.25) is 6.79 Å². The molecule has 2 heterocycles. The van der Waals surface area contributed by atoms with Gasteiger partial charge in [-0.25, -0.2) is 0 Å². The summed E-state index contributed by atoms with van der Waals surface area (Å²) in [6.45, 7) is 1.68. The first-order valence-electron chi connectivity index (χ1n) is 11.4. The number of fused-ring (bicyclic) bond motifs is 1. The summed E-state index contributed by atoms with van der Waals surface area (Å²) in [5.41, 5.74) is 2.56. The van der Waals surface area contributed by atoms with Crippen LogP contribution in [0.4, 0.5) is 10.5 Å². The Balaban J connectivity index is 1.27. The van der Waals surface area contributed by atoms with Crippen LogP contribution in [0.5, 0.6) is 17.2 Å². The van der Waals surface area contributed by atoms with Crippen molar-refractivity contribution in [2.75, 3.05) is 18.7 Å². The highest BCUT2D eigenvalue weighted by molar-refractivity contribution is 8.18. The zero-order valence-corrected chi connectivity index (χ0v) is 22.3. The third-order valence-corrected chi connectivity index (χ3v) is 7.43. The average Bonchev–Trinajstić information content (AvgIpc) is 3.45. The second-order valence-corrected chi connectivity index (χ2v) is 10.2. The van der Waals surface area contributed by atoms with Crippen molar-refractivity contribution in [2.24, 2.45) is 0 Å². The molecule has 38 heavy (non-hydrogen) atoms. The lowest BCUT2D eigenvalue weighted by molar-refractivity contribution is -0.123. The van der Waals surface area contributed by atoms with Gasteiger partial charge >= 0.3 is 0 Å². The van der Waals surface area contributed by atoms with Gasteiger partial charge in [0.25, 0.3) is 17.1 Å². The molecule has 1 N–H and O–H groups in total. The second kappa shape index (κ2) is 11.0. The normalized spacial score (nSPS) is 15.3. The van der Waals surface area contributed by atoms with E-state index in [9.17, 15) is 14.4 Å². The highest BCUT2D eigenvalue weighted by Gasteiger charge is 2.36. The minimum atomic E-state index is -0.461. The fourth-order valence-electron chi connectivity index (χ4n) is 3.77. The minimum Gasteiger partial charge on any atom is -0.483 e. The molecule has 0 spiro atoms. The number of aryl methyl sites for hydroxylation is 1. The van der Waals surface area contributed by atoms with Gasteiger partial charge in [-0.05, 0) is 60.2 Å². The number of halogens is 2. The number of carbonyl (C=O) groups excluding carboxylic acids is 3. The van der Waals surface area contributed by atoms with Crippen LogP contribution in [0.25, 0.3) is 6.08 Å². The number of benzene rings is 3. The molecule has 2 aliphatic heterocycles. The number of carbonyl (C=O) groups is 3. The molecule has 0 aromatic heterocycles. The SMILES string of the molecule is Cc1ccc(NC(=O)COc2ccccc2/C=C2\SC(=O)N(Cc3cc4c(cc3Cl)OCO4)C2=O)cc1Cl. The Morgan fingerprint density at radius 1 is 1.08 bits per heavy atom. The van der Waals surface area contributed by atoms with Gasteiger partial charge < -0.3 is 19.5 Å². The van der Waals surface area contributed by atoms with Gasteiger partial charge in [0.1, 0.15) is 5.75 Å². The first-order chi connectivity index (χ1) is 18.3. The van der Waals surface area contributed by atoms with Crippen LogP contribution in [-0.2, 0) is 16.1 Å². The number of hydrogen-bond donors (Lipinski definition) is 1. The molecular formula is C27H20Cl2N2O6S. The second-order valence-electron chi connectivity index (χ2n) is 8.40. The molecule has 2 aliphatic rings. The lowest BCUT2D eigenvalue weighted by Gasteiger charge is -2.14. The molecule has 0 radical (unpaired) electrons. The summed E-state index contributed by atoms with van der Waals surface area (Å²) in [4.78, 5) is 39.5. The predicted octanol–water partition coefficient (Wildman–Crippen LogP) is 6.28. The van der Waals surface area contributed by atoms with Crippen molar-refractivity contribution in [1.82, 2.24) is 4.90 Å². The molecule has 0 saturated carbocycles. The molecule has 0 unspecified atom stereocenters. The maximum atomic E-state index is 13.1. The molecular weight excluding hydrogens is 551 g/mol. The molecule has 0 bridgehead atoms. The Morgan fingerprint density at radius 3 is 2.63 bits per heavy atom. The quantitative estimate of drug-likeness (QED) is 0.334. The topological polar surface area (TPSA) is 94.2 Å². The Hall–Kier alpha value is -3.66. The zero-order valence-electron chi connectivity index (χ0n) is 20.0. The summed E-state index contributed by atoms with van der Waals surface area (Å²) < 4.78 is 16.4. The van der Waals surface area contributed by atoms with E-state index in [-0.39, 0.29) is 30.8 Å². The summed E-state index contributed by atoms with van der Waals surface area (Å²) in [5, 5.41) is 3.22. The Morgan fingerprint density at radius 2 is 1.84 bits per heavy atom. The van der Waals surface area contributed by atoms with Crippen LogP contribution < -0.4 is 19.5 Å². The van der Waals surface area contributed by atoms with E-state index in [0.29, 0.717) is 44.1 Å². The van der Waals surface area contributed by atoms with Crippen molar-refractivity contribution in [2.45, 2.75) is 13.5 Å². The summed E-state index contributed by atoms with van der Waals surface area (Å²) in [7, 11) is 0. The Labute approximate surface area is 232 Å². The van der Waals surface area contributed by atoms with Gasteiger partial charge in [0.05, 0.1) is 11.4 Å². The van der Waals surface area contributed by atoms with Crippen LogP contribution in [0.2, 0.25) is 10.0 Å². The molecule has 194 valence electrons. The van der Waals surface area contributed by atoms with E-state index in [1.807, 2.05) is 13.0 Å². The number of para-hydroxylation sites is 1. The summed E-state index contributed by atoms with van der Waals surface area (Å²) in [6.07, 6.45) is 1.57. The van der Waals surface area contributed by atoms with E-state index in [4.69, 9.17) is 37.4 Å². The standard InChI is InChI=1S/C27H20Cl2N2O6S/c1-15-6-7-18(10-19(15)28)30-25(32)13-35-21-5-3-2-4-16(21)9-24-26(33)31(27(34)38-24)12-17-8-22-23(11-20(17)29)37-14-36-22/h2-11H,12-14H2,1H3,(H,30,32)/b24-9-. The first-order valence-corrected chi connectivity index (χ1v) is 13.0.